The molecule has 0 radical (unpaired) electrons. The Hall–Kier alpha value is -2.86. The number of amides is 2. The molecular weight excluding hydrogens is 380 g/mol. The number of nitrogens with zero attached hydrogens (tertiary/aromatic N) is 1. The molecule has 1 N–H and O–H groups in total. The second-order valence-electron chi connectivity index (χ2n) is 6.56. The van der Waals surface area contributed by atoms with Gasteiger partial charge in [0.25, 0.3) is 0 Å². The molecule has 0 fully saturated rings. The van der Waals surface area contributed by atoms with E-state index in [9.17, 15) is 14.4 Å². The summed E-state index contributed by atoms with van der Waals surface area (Å²) in [6.07, 6.45) is 0.0244. The summed E-state index contributed by atoms with van der Waals surface area (Å²) in [5, 5.41) is 3.34. The van der Waals surface area contributed by atoms with Crippen molar-refractivity contribution >= 4 is 35.1 Å². The molecule has 0 saturated carbocycles. The maximum Gasteiger partial charge on any atom is 0.321 e. The van der Waals surface area contributed by atoms with Crippen molar-refractivity contribution in [2.75, 3.05) is 11.9 Å². The van der Waals surface area contributed by atoms with E-state index in [2.05, 4.69) is 5.32 Å². The zero-order valence-electron chi connectivity index (χ0n) is 16.1. The van der Waals surface area contributed by atoms with Gasteiger partial charge in [-0.25, -0.2) is 4.79 Å². The lowest BCUT2D eigenvalue weighted by atomic mass is 10.1. The molecule has 0 bridgehead atoms. The zero-order chi connectivity index (χ0) is 20.7. The van der Waals surface area contributed by atoms with E-state index >= 15 is 0 Å². The molecule has 6 nitrogen and oxygen atoms in total. The van der Waals surface area contributed by atoms with Crippen molar-refractivity contribution in [1.29, 1.82) is 0 Å². The fourth-order valence-electron chi connectivity index (χ4n) is 2.38. The highest BCUT2D eigenvalue weighted by molar-refractivity contribution is 6.30. The predicted molar refractivity (Wildman–Crippen MR) is 109 cm³/mol. The van der Waals surface area contributed by atoms with Crippen LogP contribution in [0.3, 0.4) is 0 Å². The number of halogens is 1. The van der Waals surface area contributed by atoms with E-state index in [0.29, 0.717) is 22.0 Å². The minimum atomic E-state index is -0.499. The minimum absolute atomic E-state index is 0.0279. The largest absolute Gasteiger partial charge is 0.427 e. The summed E-state index contributed by atoms with van der Waals surface area (Å²) in [7, 11) is 1.65. The molecule has 2 amide bonds. The lowest BCUT2D eigenvalue weighted by Crippen LogP contribution is -2.40. The van der Waals surface area contributed by atoms with Crippen LogP contribution in [-0.2, 0) is 4.79 Å². The molecule has 2 aromatic rings. The second kappa shape index (κ2) is 9.90. The van der Waals surface area contributed by atoms with Crippen LogP contribution in [0.25, 0.3) is 0 Å². The third-order valence-electron chi connectivity index (χ3n) is 3.89. The molecule has 0 aromatic heterocycles. The van der Waals surface area contributed by atoms with E-state index in [1.54, 1.807) is 55.6 Å². The summed E-state index contributed by atoms with van der Waals surface area (Å²) < 4.78 is 5.25. The van der Waals surface area contributed by atoms with Crippen LogP contribution in [0.4, 0.5) is 10.5 Å². The molecule has 2 aromatic carbocycles. The number of anilines is 1. The summed E-state index contributed by atoms with van der Waals surface area (Å²) in [5.74, 6) is -0.298. The number of esters is 1. The average Bonchev–Trinajstić information content (AvgIpc) is 2.66. The van der Waals surface area contributed by atoms with E-state index in [-0.39, 0.29) is 30.7 Å². The fraction of sp³-hybridized carbons (Fsp3) is 0.286. The Bertz CT molecular complexity index is 832. The van der Waals surface area contributed by atoms with Crippen molar-refractivity contribution in [3.63, 3.8) is 0 Å². The number of carbonyl (C=O) groups excluding carboxylic acids is 3. The molecule has 0 unspecified atom stereocenters. The monoisotopic (exact) mass is 402 g/mol. The standard InChI is InChI=1S/C21H23ClN2O4/c1-14(2)23-21(27)24(3)17-8-10-18(11-9-17)28-20(26)13-12-19(25)15-4-6-16(22)7-5-15/h4-11,14H,12-13H2,1-3H3,(H,23,27). The van der Waals surface area contributed by atoms with Gasteiger partial charge < -0.3 is 10.1 Å². The van der Waals surface area contributed by atoms with Crippen LogP contribution in [0.2, 0.25) is 5.02 Å². The van der Waals surface area contributed by atoms with Gasteiger partial charge in [0.05, 0.1) is 6.42 Å². The molecule has 0 atom stereocenters. The van der Waals surface area contributed by atoms with Gasteiger partial charge in [-0.1, -0.05) is 11.6 Å². The van der Waals surface area contributed by atoms with Crippen molar-refractivity contribution in [1.82, 2.24) is 5.32 Å². The SMILES string of the molecule is CC(C)NC(=O)N(C)c1ccc(OC(=O)CCC(=O)c2ccc(Cl)cc2)cc1. The van der Waals surface area contributed by atoms with Gasteiger partial charge in [0, 0.05) is 35.8 Å². The van der Waals surface area contributed by atoms with Crippen LogP contribution in [0.15, 0.2) is 48.5 Å². The van der Waals surface area contributed by atoms with Crippen molar-refractivity contribution in [2.24, 2.45) is 0 Å². The van der Waals surface area contributed by atoms with Gasteiger partial charge in [-0.2, -0.15) is 0 Å². The predicted octanol–water partition coefficient (Wildman–Crippen LogP) is 4.46. The number of hydrogen-bond acceptors (Lipinski definition) is 4. The fourth-order valence-corrected chi connectivity index (χ4v) is 2.50. The Kier molecular flexibility index (Phi) is 7.58. The van der Waals surface area contributed by atoms with Gasteiger partial charge in [0.2, 0.25) is 0 Å². The summed E-state index contributed by atoms with van der Waals surface area (Å²) in [6, 6.07) is 12.9. The molecule has 7 heteroatoms. The van der Waals surface area contributed by atoms with Gasteiger partial charge in [-0.3, -0.25) is 14.5 Å². The van der Waals surface area contributed by atoms with Gasteiger partial charge in [0.1, 0.15) is 5.75 Å². The Morgan fingerprint density at radius 3 is 2.18 bits per heavy atom. The number of rotatable bonds is 7. The van der Waals surface area contributed by atoms with Crippen LogP contribution < -0.4 is 15.0 Å². The van der Waals surface area contributed by atoms with Crippen LogP contribution in [-0.4, -0.2) is 30.9 Å². The summed E-state index contributed by atoms with van der Waals surface area (Å²) >= 11 is 5.79. The maximum atomic E-state index is 12.1. The molecule has 0 saturated heterocycles. The number of carbonyl (C=O) groups is 3. The molecule has 0 heterocycles. The van der Waals surface area contributed by atoms with Crippen LogP contribution in [0.5, 0.6) is 5.75 Å². The molecule has 0 aliphatic rings. The number of nitrogens with one attached hydrogen (secondary N) is 1. The first-order valence-corrected chi connectivity index (χ1v) is 9.28. The van der Waals surface area contributed by atoms with Gasteiger partial charge in [0.15, 0.2) is 5.78 Å². The molecule has 0 aliphatic carbocycles. The van der Waals surface area contributed by atoms with Crippen LogP contribution in [0.1, 0.15) is 37.0 Å². The number of ketones is 1. The van der Waals surface area contributed by atoms with Crippen LogP contribution >= 0.6 is 11.6 Å². The topological polar surface area (TPSA) is 75.7 Å². The Labute approximate surface area is 169 Å². The van der Waals surface area contributed by atoms with E-state index < -0.39 is 5.97 Å². The second-order valence-corrected chi connectivity index (χ2v) is 7.00. The molecule has 148 valence electrons. The summed E-state index contributed by atoms with van der Waals surface area (Å²) in [6.45, 7) is 3.76. The van der Waals surface area contributed by atoms with Gasteiger partial charge in [-0.15, -0.1) is 0 Å². The van der Waals surface area contributed by atoms with E-state index in [0.717, 1.165) is 0 Å². The smallest absolute Gasteiger partial charge is 0.321 e. The minimum Gasteiger partial charge on any atom is -0.427 e. The third-order valence-corrected chi connectivity index (χ3v) is 4.15. The quantitative estimate of drug-likeness (QED) is 0.421. The normalized spacial score (nSPS) is 10.5. The van der Waals surface area contributed by atoms with Gasteiger partial charge >= 0.3 is 12.0 Å². The first-order valence-electron chi connectivity index (χ1n) is 8.90. The lowest BCUT2D eigenvalue weighted by Gasteiger charge is -2.20. The average molecular weight is 403 g/mol. The van der Waals surface area contributed by atoms with E-state index in [1.165, 1.54) is 4.90 Å². The third kappa shape index (κ3) is 6.39. The van der Waals surface area contributed by atoms with Crippen LogP contribution in [0, 0.1) is 0 Å². The number of hydrogen-bond donors (Lipinski definition) is 1. The van der Waals surface area contributed by atoms with Gasteiger partial charge in [-0.05, 0) is 62.4 Å². The first kappa shape index (κ1) is 21.4. The summed E-state index contributed by atoms with van der Waals surface area (Å²) in [4.78, 5) is 37.5. The highest BCUT2D eigenvalue weighted by atomic mass is 35.5. The Morgan fingerprint density at radius 1 is 1.00 bits per heavy atom. The number of urea groups is 1. The molecule has 28 heavy (non-hydrogen) atoms. The van der Waals surface area contributed by atoms with Crippen molar-refractivity contribution in [3.05, 3.63) is 59.1 Å². The molecular formula is C21H23ClN2O4. The lowest BCUT2D eigenvalue weighted by molar-refractivity contribution is -0.134. The molecule has 2 rings (SSSR count). The van der Waals surface area contributed by atoms with E-state index in [4.69, 9.17) is 16.3 Å². The van der Waals surface area contributed by atoms with Crippen molar-refractivity contribution in [3.8, 4) is 5.75 Å². The van der Waals surface area contributed by atoms with E-state index in [1.807, 2.05) is 13.8 Å². The maximum absolute atomic E-state index is 12.1. The molecule has 0 aliphatic heterocycles. The highest BCUT2D eigenvalue weighted by Crippen LogP contribution is 2.19. The number of ether oxygens (including phenoxy) is 1. The number of benzene rings is 2. The Balaban J connectivity index is 1.86. The number of Topliss-reactive ketones (excluding diaryl/α,β-unsaturated/α-hetero) is 1. The van der Waals surface area contributed by atoms with Crippen molar-refractivity contribution in [2.45, 2.75) is 32.7 Å². The highest BCUT2D eigenvalue weighted by Gasteiger charge is 2.13. The van der Waals surface area contributed by atoms with Crippen molar-refractivity contribution < 1.29 is 19.1 Å². The first-order chi connectivity index (χ1) is 13.3. The molecule has 0 spiro atoms. The zero-order valence-corrected chi connectivity index (χ0v) is 16.8. The summed E-state index contributed by atoms with van der Waals surface area (Å²) in [5.41, 5.74) is 1.17. The Morgan fingerprint density at radius 2 is 1.61 bits per heavy atom.